The number of hydrogen-bond donors (Lipinski definition) is 0. The van der Waals surface area contributed by atoms with Crippen molar-refractivity contribution in [3.05, 3.63) is 0 Å². The zero-order chi connectivity index (χ0) is 6.91. The van der Waals surface area contributed by atoms with Gasteiger partial charge in [0.25, 0.3) is 0 Å². The molecule has 1 aliphatic carbocycles. The van der Waals surface area contributed by atoms with Gasteiger partial charge in [0.15, 0.2) is 0 Å². The maximum Gasteiger partial charge on any atom is 0.418 e. The van der Waals surface area contributed by atoms with E-state index >= 15 is 0 Å². The highest BCUT2D eigenvalue weighted by molar-refractivity contribution is 5.40. The molecule has 0 spiro atoms. The predicted octanol–water partition coefficient (Wildman–Crippen LogP) is 1.26. The average molecular weight is 127 g/mol. The zero-order valence-corrected chi connectivity index (χ0v) is 5.81. The summed E-state index contributed by atoms with van der Waals surface area (Å²) in [5.74, 6) is 0.513. The van der Waals surface area contributed by atoms with Gasteiger partial charge in [-0.3, -0.25) is 0 Å². The third-order valence-electron chi connectivity index (χ3n) is 2.39. The van der Waals surface area contributed by atoms with Gasteiger partial charge in [-0.25, -0.2) is 4.79 Å². The average Bonchev–Trinajstić information content (AvgIpc) is 1.86. The number of hydrogen-bond acceptors (Lipinski definition) is 2. The summed E-state index contributed by atoms with van der Waals surface area (Å²) < 4.78 is 4.77. The number of ether oxygens (including phenoxy) is 1. The Kier molecular flexibility index (Phi) is 1.47. The molecule has 2 nitrogen and oxygen atoms in total. The van der Waals surface area contributed by atoms with E-state index in [2.05, 4.69) is 6.92 Å². The SMILES string of the molecule is CC1CCC1(C)O[C]=O. The molecular formula is C7H11O2. The predicted molar refractivity (Wildman–Crippen MR) is 33.6 cm³/mol. The Morgan fingerprint density at radius 2 is 2.44 bits per heavy atom. The molecule has 2 heteroatoms. The summed E-state index contributed by atoms with van der Waals surface area (Å²) in [4.78, 5) is 9.81. The van der Waals surface area contributed by atoms with Gasteiger partial charge in [-0.1, -0.05) is 6.92 Å². The molecule has 0 aromatic carbocycles. The van der Waals surface area contributed by atoms with Crippen LogP contribution in [-0.4, -0.2) is 12.1 Å². The molecule has 0 aromatic heterocycles. The maximum absolute atomic E-state index is 9.81. The smallest absolute Gasteiger partial charge is 0.418 e. The molecule has 1 radical (unpaired) electrons. The molecule has 1 aliphatic rings. The van der Waals surface area contributed by atoms with Crippen molar-refractivity contribution in [3.63, 3.8) is 0 Å². The molecule has 0 N–H and O–H groups in total. The molecule has 1 saturated carbocycles. The molecule has 9 heavy (non-hydrogen) atoms. The van der Waals surface area contributed by atoms with Crippen molar-refractivity contribution in [2.24, 2.45) is 5.92 Å². The highest BCUT2D eigenvalue weighted by atomic mass is 16.5. The van der Waals surface area contributed by atoms with Gasteiger partial charge >= 0.3 is 6.47 Å². The summed E-state index contributed by atoms with van der Waals surface area (Å²) in [5, 5.41) is 0. The highest BCUT2D eigenvalue weighted by Crippen LogP contribution is 2.40. The minimum atomic E-state index is -0.193. The van der Waals surface area contributed by atoms with E-state index in [9.17, 15) is 4.79 Å². The molecule has 51 valence electrons. The van der Waals surface area contributed by atoms with Crippen molar-refractivity contribution in [2.75, 3.05) is 0 Å². The normalized spacial score (nSPS) is 41.3. The lowest BCUT2D eigenvalue weighted by Gasteiger charge is -2.42. The molecule has 0 aromatic rings. The number of carbonyl (C=O) groups excluding carboxylic acids is 1. The van der Waals surface area contributed by atoms with Crippen molar-refractivity contribution in [1.82, 2.24) is 0 Å². The van der Waals surface area contributed by atoms with E-state index in [0.717, 1.165) is 12.8 Å². The van der Waals surface area contributed by atoms with Gasteiger partial charge in [-0.2, -0.15) is 0 Å². The summed E-state index contributed by atoms with van der Waals surface area (Å²) in [6, 6.07) is 0. The van der Waals surface area contributed by atoms with E-state index < -0.39 is 0 Å². The van der Waals surface area contributed by atoms with Crippen LogP contribution in [0.5, 0.6) is 0 Å². The summed E-state index contributed by atoms with van der Waals surface area (Å²) in [5.41, 5.74) is -0.193. The van der Waals surface area contributed by atoms with E-state index in [-0.39, 0.29) is 5.60 Å². The van der Waals surface area contributed by atoms with Gasteiger partial charge in [0.1, 0.15) is 5.60 Å². The topological polar surface area (TPSA) is 26.3 Å². The summed E-state index contributed by atoms with van der Waals surface area (Å²) in [6.45, 7) is 5.53. The first-order chi connectivity index (χ1) is 4.19. The molecule has 0 amide bonds. The Balaban J connectivity index is 2.43. The third kappa shape index (κ3) is 0.934. The molecular weight excluding hydrogens is 116 g/mol. The first kappa shape index (κ1) is 6.59. The largest absolute Gasteiger partial charge is 0.451 e. The molecule has 0 bridgehead atoms. The molecule has 0 aliphatic heterocycles. The minimum Gasteiger partial charge on any atom is -0.451 e. The summed E-state index contributed by atoms with van der Waals surface area (Å²) in [7, 11) is 0. The lowest BCUT2D eigenvalue weighted by atomic mass is 9.72. The molecule has 1 rings (SSSR count). The number of rotatable bonds is 2. The van der Waals surface area contributed by atoms with Crippen LogP contribution in [0.25, 0.3) is 0 Å². The molecule has 2 atom stereocenters. The van der Waals surface area contributed by atoms with Gasteiger partial charge in [0, 0.05) is 0 Å². The van der Waals surface area contributed by atoms with Crippen molar-refractivity contribution in [2.45, 2.75) is 32.3 Å². The lowest BCUT2D eigenvalue weighted by molar-refractivity contribution is -0.0575. The van der Waals surface area contributed by atoms with Crippen molar-refractivity contribution < 1.29 is 9.53 Å². The van der Waals surface area contributed by atoms with Gasteiger partial charge in [-0.15, -0.1) is 0 Å². The van der Waals surface area contributed by atoms with Crippen molar-refractivity contribution in [1.29, 1.82) is 0 Å². The quantitative estimate of drug-likeness (QED) is 0.558. The Morgan fingerprint density at radius 3 is 2.56 bits per heavy atom. The fourth-order valence-electron chi connectivity index (χ4n) is 1.09. The van der Waals surface area contributed by atoms with Gasteiger partial charge in [0.2, 0.25) is 0 Å². The lowest BCUT2D eigenvalue weighted by Crippen LogP contribution is -2.44. The van der Waals surface area contributed by atoms with E-state index in [1.54, 1.807) is 0 Å². The van der Waals surface area contributed by atoms with Crippen molar-refractivity contribution in [3.8, 4) is 0 Å². The van der Waals surface area contributed by atoms with E-state index in [4.69, 9.17) is 4.74 Å². The van der Waals surface area contributed by atoms with E-state index in [1.807, 2.05) is 6.92 Å². The summed E-state index contributed by atoms with van der Waals surface area (Å²) >= 11 is 0. The second-order valence-electron chi connectivity index (χ2n) is 2.94. The van der Waals surface area contributed by atoms with Crippen LogP contribution in [0.15, 0.2) is 0 Å². The molecule has 2 unspecified atom stereocenters. The minimum absolute atomic E-state index is 0.193. The molecule has 0 heterocycles. The first-order valence-electron chi connectivity index (χ1n) is 3.24. The third-order valence-corrected chi connectivity index (χ3v) is 2.39. The second-order valence-corrected chi connectivity index (χ2v) is 2.94. The second kappa shape index (κ2) is 2.01. The highest BCUT2D eigenvalue weighted by Gasteiger charge is 2.41. The van der Waals surface area contributed by atoms with Crippen LogP contribution in [0.3, 0.4) is 0 Å². The van der Waals surface area contributed by atoms with Crippen LogP contribution in [-0.2, 0) is 9.53 Å². The van der Waals surface area contributed by atoms with E-state index in [1.165, 1.54) is 6.47 Å². The standard InChI is InChI=1S/C7H11O2/c1-6-3-4-7(6,2)9-5-8/h6H,3-4H2,1-2H3. The van der Waals surface area contributed by atoms with Crippen LogP contribution in [0.2, 0.25) is 0 Å². The molecule has 0 saturated heterocycles. The van der Waals surface area contributed by atoms with E-state index in [0.29, 0.717) is 5.92 Å². The van der Waals surface area contributed by atoms with Crippen LogP contribution < -0.4 is 0 Å². The fraction of sp³-hybridized carbons (Fsp3) is 0.857. The van der Waals surface area contributed by atoms with Crippen molar-refractivity contribution >= 4 is 6.47 Å². The van der Waals surface area contributed by atoms with Gasteiger partial charge in [-0.05, 0) is 25.7 Å². The van der Waals surface area contributed by atoms with Crippen LogP contribution in [0, 0.1) is 5.92 Å². The monoisotopic (exact) mass is 127 g/mol. The van der Waals surface area contributed by atoms with Gasteiger partial charge in [0.05, 0.1) is 0 Å². The molecule has 1 fully saturated rings. The van der Waals surface area contributed by atoms with Gasteiger partial charge < -0.3 is 4.74 Å². The maximum atomic E-state index is 9.81. The van der Waals surface area contributed by atoms with Crippen LogP contribution in [0.4, 0.5) is 0 Å². The Labute approximate surface area is 55.2 Å². The Bertz CT molecular complexity index is 122. The fourth-order valence-corrected chi connectivity index (χ4v) is 1.09. The van der Waals surface area contributed by atoms with Crippen LogP contribution >= 0.6 is 0 Å². The Hall–Kier alpha value is -0.530. The first-order valence-corrected chi connectivity index (χ1v) is 3.24. The Morgan fingerprint density at radius 1 is 1.78 bits per heavy atom. The van der Waals surface area contributed by atoms with Crippen LogP contribution in [0.1, 0.15) is 26.7 Å². The zero-order valence-electron chi connectivity index (χ0n) is 5.81. The summed E-state index contributed by atoms with van der Waals surface area (Å²) in [6.07, 6.45) is 2.15.